The van der Waals surface area contributed by atoms with E-state index in [9.17, 15) is 9.59 Å². The van der Waals surface area contributed by atoms with Crippen LogP contribution in [0, 0.1) is 5.92 Å². The molecule has 16 heavy (non-hydrogen) atoms. The predicted molar refractivity (Wildman–Crippen MR) is 55.4 cm³/mol. The Labute approximate surface area is 94.4 Å². The van der Waals surface area contributed by atoms with E-state index in [1.165, 1.54) is 7.11 Å². The molecule has 0 N–H and O–H groups in total. The van der Waals surface area contributed by atoms with E-state index in [1.54, 1.807) is 6.92 Å². The average molecular weight is 228 g/mol. The van der Waals surface area contributed by atoms with Crippen molar-refractivity contribution in [3.8, 4) is 0 Å². The van der Waals surface area contributed by atoms with Crippen LogP contribution in [0.3, 0.4) is 0 Å². The second-order valence-electron chi connectivity index (χ2n) is 3.52. The van der Waals surface area contributed by atoms with E-state index in [4.69, 9.17) is 9.47 Å². The minimum atomic E-state index is -0.354. The van der Waals surface area contributed by atoms with E-state index in [2.05, 4.69) is 4.74 Å². The lowest BCUT2D eigenvalue weighted by Gasteiger charge is -2.11. The van der Waals surface area contributed by atoms with Crippen LogP contribution >= 0.6 is 0 Å². The third-order valence-electron chi connectivity index (χ3n) is 2.48. The molecule has 1 heterocycles. The number of ether oxygens (including phenoxy) is 3. The van der Waals surface area contributed by atoms with Gasteiger partial charge >= 0.3 is 5.97 Å². The summed E-state index contributed by atoms with van der Waals surface area (Å²) < 4.78 is 14.9. The van der Waals surface area contributed by atoms with Crippen molar-refractivity contribution in [1.82, 2.24) is 0 Å². The van der Waals surface area contributed by atoms with Crippen LogP contribution in [-0.2, 0) is 23.8 Å². The smallest absolute Gasteiger partial charge is 0.305 e. The molecule has 0 aromatic rings. The summed E-state index contributed by atoms with van der Waals surface area (Å²) in [5, 5.41) is 0. The van der Waals surface area contributed by atoms with Gasteiger partial charge in [0, 0.05) is 17.9 Å². The Bertz CT molecular complexity index is 287. The fourth-order valence-corrected chi connectivity index (χ4v) is 1.45. The van der Waals surface area contributed by atoms with E-state index in [0.29, 0.717) is 25.6 Å². The number of methoxy groups -OCH3 is 1. The van der Waals surface area contributed by atoms with Gasteiger partial charge in [-0.05, 0) is 13.3 Å². The zero-order valence-corrected chi connectivity index (χ0v) is 9.52. The number of esters is 1. The fraction of sp³-hybridized carbons (Fsp3) is 0.636. The fourth-order valence-electron chi connectivity index (χ4n) is 1.45. The number of hydrogen-bond acceptors (Lipinski definition) is 5. The van der Waals surface area contributed by atoms with Crippen molar-refractivity contribution in [3.63, 3.8) is 0 Å². The first-order valence-electron chi connectivity index (χ1n) is 5.17. The molecule has 5 heteroatoms. The molecule has 1 saturated heterocycles. The molecule has 1 unspecified atom stereocenters. The van der Waals surface area contributed by atoms with Crippen LogP contribution in [0.2, 0.25) is 0 Å². The maximum Gasteiger partial charge on any atom is 0.305 e. The number of carbonyl (C=O) groups is 2. The lowest BCUT2D eigenvalue weighted by atomic mass is 9.97. The first-order valence-corrected chi connectivity index (χ1v) is 5.17. The van der Waals surface area contributed by atoms with Gasteiger partial charge in [-0.1, -0.05) is 0 Å². The van der Waals surface area contributed by atoms with Crippen molar-refractivity contribution >= 4 is 12.3 Å². The van der Waals surface area contributed by atoms with Crippen LogP contribution in [0.25, 0.3) is 0 Å². The van der Waals surface area contributed by atoms with Crippen molar-refractivity contribution in [1.29, 1.82) is 0 Å². The molecule has 0 radical (unpaired) electrons. The third kappa shape index (κ3) is 3.25. The summed E-state index contributed by atoms with van der Waals surface area (Å²) in [5.74, 6) is -0.257. The molecule has 0 bridgehead atoms. The minimum Gasteiger partial charge on any atom is -0.469 e. The SMILES string of the molecule is COC(=O)CCC(C=O)C(C)=C1OCCO1. The molecule has 1 rings (SSSR count). The molecule has 1 aliphatic heterocycles. The summed E-state index contributed by atoms with van der Waals surface area (Å²) in [4.78, 5) is 21.9. The lowest BCUT2D eigenvalue weighted by molar-refractivity contribution is -0.140. The molecule has 0 amide bonds. The molecular weight excluding hydrogens is 212 g/mol. The molecule has 5 nitrogen and oxygen atoms in total. The lowest BCUT2D eigenvalue weighted by Crippen LogP contribution is -2.10. The number of rotatable bonds is 5. The summed E-state index contributed by atoms with van der Waals surface area (Å²) in [6.07, 6.45) is 1.43. The van der Waals surface area contributed by atoms with Crippen LogP contribution in [0.1, 0.15) is 19.8 Å². The van der Waals surface area contributed by atoms with Crippen molar-refractivity contribution in [2.45, 2.75) is 19.8 Å². The molecule has 0 aromatic heterocycles. The summed E-state index contributed by atoms with van der Waals surface area (Å²) >= 11 is 0. The molecular formula is C11H16O5. The molecule has 1 aliphatic rings. The minimum absolute atomic E-state index is 0.213. The standard InChI is InChI=1S/C11H16O5/c1-8(11-15-5-6-16-11)9(7-12)3-4-10(13)14-2/h7,9H,3-6H2,1-2H3. The molecule has 90 valence electrons. The monoisotopic (exact) mass is 228 g/mol. The van der Waals surface area contributed by atoms with Crippen molar-refractivity contribution < 1.29 is 23.8 Å². The zero-order valence-electron chi connectivity index (χ0n) is 9.52. The molecule has 1 atom stereocenters. The van der Waals surface area contributed by atoms with Gasteiger partial charge in [0.15, 0.2) is 0 Å². The Morgan fingerprint density at radius 3 is 2.62 bits per heavy atom. The van der Waals surface area contributed by atoms with Gasteiger partial charge in [0.05, 0.1) is 7.11 Å². The zero-order chi connectivity index (χ0) is 12.0. The molecule has 0 aliphatic carbocycles. The van der Waals surface area contributed by atoms with Gasteiger partial charge in [-0.2, -0.15) is 0 Å². The number of hydrogen-bond donors (Lipinski definition) is 0. The van der Waals surface area contributed by atoms with E-state index >= 15 is 0 Å². The first kappa shape index (κ1) is 12.5. The van der Waals surface area contributed by atoms with Gasteiger partial charge in [-0.3, -0.25) is 4.79 Å². The number of allylic oxidation sites excluding steroid dienone is 1. The molecule has 1 fully saturated rings. The molecule has 0 saturated carbocycles. The summed E-state index contributed by atoms with van der Waals surface area (Å²) in [6.45, 7) is 2.79. The normalized spacial score (nSPS) is 16.0. The van der Waals surface area contributed by atoms with Gasteiger partial charge in [0.2, 0.25) is 0 Å². The summed E-state index contributed by atoms with van der Waals surface area (Å²) in [6, 6.07) is 0. The molecule has 0 spiro atoms. The van der Waals surface area contributed by atoms with E-state index < -0.39 is 0 Å². The largest absolute Gasteiger partial charge is 0.469 e. The second kappa shape index (κ2) is 6.15. The average Bonchev–Trinajstić information content (AvgIpc) is 2.82. The van der Waals surface area contributed by atoms with Crippen molar-refractivity contribution in [3.05, 3.63) is 11.5 Å². The number of carbonyl (C=O) groups excluding carboxylic acids is 2. The third-order valence-corrected chi connectivity index (χ3v) is 2.48. The highest BCUT2D eigenvalue weighted by atomic mass is 16.7. The van der Waals surface area contributed by atoms with Crippen LogP contribution in [0.4, 0.5) is 0 Å². The Balaban J connectivity index is 2.56. The summed E-state index contributed by atoms with van der Waals surface area (Å²) in [5.41, 5.74) is 0.733. The van der Waals surface area contributed by atoms with Gasteiger partial charge in [0.25, 0.3) is 5.95 Å². The Kier molecular flexibility index (Phi) is 4.82. The van der Waals surface area contributed by atoms with E-state index in [0.717, 1.165) is 11.9 Å². The quantitative estimate of drug-likeness (QED) is 0.519. The van der Waals surface area contributed by atoms with Crippen molar-refractivity contribution in [2.24, 2.45) is 5.92 Å². The highest BCUT2D eigenvalue weighted by Gasteiger charge is 2.20. The maximum absolute atomic E-state index is 11.0. The number of aldehydes is 1. The highest BCUT2D eigenvalue weighted by Crippen LogP contribution is 2.22. The van der Waals surface area contributed by atoms with E-state index in [-0.39, 0.29) is 18.3 Å². The first-order chi connectivity index (χ1) is 7.69. The van der Waals surface area contributed by atoms with Gasteiger partial charge in [-0.15, -0.1) is 0 Å². The Morgan fingerprint density at radius 1 is 1.50 bits per heavy atom. The van der Waals surface area contributed by atoms with Crippen LogP contribution < -0.4 is 0 Å². The van der Waals surface area contributed by atoms with Crippen molar-refractivity contribution in [2.75, 3.05) is 20.3 Å². The summed E-state index contributed by atoms with van der Waals surface area (Å²) in [7, 11) is 1.33. The molecule has 0 aromatic carbocycles. The van der Waals surface area contributed by atoms with Crippen LogP contribution in [0.5, 0.6) is 0 Å². The Hall–Kier alpha value is -1.52. The topological polar surface area (TPSA) is 61.8 Å². The second-order valence-corrected chi connectivity index (χ2v) is 3.52. The van der Waals surface area contributed by atoms with Crippen LogP contribution in [-0.4, -0.2) is 32.6 Å². The van der Waals surface area contributed by atoms with Gasteiger partial charge in [-0.25, -0.2) is 0 Å². The van der Waals surface area contributed by atoms with Gasteiger partial charge < -0.3 is 19.0 Å². The predicted octanol–water partition coefficient (Wildman–Crippen LogP) is 1.03. The van der Waals surface area contributed by atoms with E-state index in [1.807, 2.05) is 0 Å². The Morgan fingerprint density at radius 2 is 2.12 bits per heavy atom. The van der Waals surface area contributed by atoms with Crippen LogP contribution in [0.15, 0.2) is 11.5 Å². The van der Waals surface area contributed by atoms with Gasteiger partial charge in [0.1, 0.15) is 19.5 Å². The highest BCUT2D eigenvalue weighted by molar-refractivity contribution is 5.70. The maximum atomic E-state index is 11.0.